The van der Waals surface area contributed by atoms with Gasteiger partial charge in [0, 0.05) is 16.9 Å². The van der Waals surface area contributed by atoms with Crippen molar-refractivity contribution >= 4 is 22.8 Å². The van der Waals surface area contributed by atoms with Crippen molar-refractivity contribution in [2.24, 2.45) is 0 Å². The number of H-pyrrole nitrogens is 1. The number of carbonyl (C=O) groups is 2. The zero-order chi connectivity index (χ0) is 15.4. The summed E-state index contributed by atoms with van der Waals surface area (Å²) in [6.45, 7) is 5.77. The molecule has 1 amide bonds. The van der Waals surface area contributed by atoms with E-state index in [1.54, 1.807) is 13.0 Å². The minimum atomic E-state index is -0.393. The van der Waals surface area contributed by atoms with E-state index in [1.165, 1.54) is 4.90 Å². The first kappa shape index (κ1) is 15.1. The van der Waals surface area contributed by atoms with Gasteiger partial charge in [0.15, 0.2) is 0 Å². The lowest BCUT2D eigenvalue weighted by molar-refractivity contribution is -0.144. The van der Waals surface area contributed by atoms with Crippen molar-refractivity contribution in [3.8, 4) is 0 Å². The monoisotopic (exact) mass is 288 g/mol. The number of esters is 1. The van der Waals surface area contributed by atoms with Crippen LogP contribution in [0.5, 0.6) is 0 Å². The van der Waals surface area contributed by atoms with Gasteiger partial charge in [0.05, 0.1) is 6.61 Å². The Bertz CT molecular complexity index is 613. The Morgan fingerprint density at radius 3 is 2.62 bits per heavy atom. The van der Waals surface area contributed by atoms with E-state index in [2.05, 4.69) is 4.98 Å². The molecule has 1 N–H and O–H groups in total. The van der Waals surface area contributed by atoms with Crippen molar-refractivity contribution < 1.29 is 14.3 Å². The summed E-state index contributed by atoms with van der Waals surface area (Å²) >= 11 is 0. The smallest absolute Gasteiger partial charge is 0.325 e. The Kier molecular flexibility index (Phi) is 4.62. The number of fused-ring (bicyclic) bond motifs is 1. The van der Waals surface area contributed by atoms with Gasteiger partial charge in [-0.15, -0.1) is 0 Å². The van der Waals surface area contributed by atoms with E-state index < -0.39 is 5.97 Å². The quantitative estimate of drug-likeness (QED) is 0.860. The molecule has 2 rings (SSSR count). The molecule has 21 heavy (non-hydrogen) atoms. The molecule has 0 bridgehead atoms. The van der Waals surface area contributed by atoms with Crippen molar-refractivity contribution in [1.82, 2.24) is 9.88 Å². The standard InChI is InChI=1S/C16H20N2O3/c1-4-21-15(19)10-18(11(2)3)16(20)14-9-12-7-5-6-8-13(12)17-14/h5-9,11,17H,4,10H2,1-3H3. The second-order valence-corrected chi connectivity index (χ2v) is 5.10. The van der Waals surface area contributed by atoms with Gasteiger partial charge in [-0.25, -0.2) is 0 Å². The summed E-state index contributed by atoms with van der Waals surface area (Å²) in [6, 6.07) is 9.39. The van der Waals surface area contributed by atoms with Crippen molar-refractivity contribution in [3.63, 3.8) is 0 Å². The number of ether oxygens (including phenoxy) is 1. The van der Waals surface area contributed by atoms with Crippen molar-refractivity contribution in [2.45, 2.75) is 26.8 Å². The molecule has 0 saturated carbocycles. The lowest BCUT2D eigenvalue weighted by Gasteiger charge is -2.25. The van der Waals surface area contributed by atoms with Crippen LogP contribution >= 0.6 is 0 Å². The molecular formula is C16H20N2O3. The summed E-state index contributed by atoms with van der Waals surface area (Å²) in [5.41, 5.74) is 1.38. The lowest BCUT2D eigenvalue weighted by atomic mass is 10.2. The third-order valence-electron chi connectivity index (χ3n) is 3.25. The number of aromatic amines is 1. The molecule has 0 radical (unpaired) electrons. The molecule has 5 heteroatoms. The van der Waals surface area contributed by atoms with Crippen molar-refractivity contribution in [1.29, 1.82) is 0 Å². The summed E-state index contributed by atoms with van der Waals surface area (Å²) in [4.78, 5) is 28.8. The van der Waals surface area contributed by atoms with E-state index in [1.807, 2.05) is 38.1 Å². The van der Waals surface area contributed by atoms with Crippen LogP contribution < -0.4 is 0 Å². The van der Waals surface area contributed by atoms with E-state index in [0.717, 1.165) is 10.9 Å². The van der Waals surface area contributed by atoms with Crippen LogP contribution in [-0.2, 0) is 9.53 Å². The number of rotatable bonds is 5. The maximum absolute atomic E-state index is 12.6. The van der Waals surface area contributed by atoms with Crippen LogP contribution in [0.15, 0.2) is 30.3 Å². The molecule has 5 nitrogen and oxygen atoms in total. The highest BCUT2D eigenvalue weighted by atomic mass is 16.5. The highest BCUT2D eigenvalue weighted by molar-refractivity contribution is 5.99. The number of hydrogen-bond acceptors (Lipinski definition) is 3. The van der Waals surface area contributed by atoms with Crippen molar-refractivity contribution in [2.75, 3.05) is 13.2 Å². The normalized spacial score (nSPS) is 10.9. The first-order valence-corrected chi connectivity index (χ1v) is 7.07. The first-order valence-electron chi connectivity index (χ1n) is 7.07. The Labute approximate surface area is 123 Å². The van der Waals surface area contributed by atoms with Crippen LogP contribution in [0.4, 0.5) is 0 Å². The van der Waals surface area contributed by atoms with E-state index in [9.17, 15) is 9.59 Å². The van der Waals surface area contributed by atoms with Gasteiger partial charge in [0.25, 0.3) is 5.91 Å². The molecule has 0 aliphatic carbocycles. The minimum absolute atomic E-state index is 0.0420. The zero-order valence-electron chi connectivity index (χ0n) is 12.6. The van der Waals surface area contributed by atoms with Gasteiger partial charge in [-0.2, -0.15) is 0 Å². The number of hydrogen-bond donors (Lipinski definition) is 1. The second-order valence-electron chi connectivity index (χ2n) is 5.10. The molecule has 1 heterocycles. The molecule has 0 spiro atoms. The predicted octanol–water partition coefficient (Wildman–Crippen LogP) is 2.58. The zero-order valence-corrected chi connectivity index (χ0v) is 12.6. The third-order valence-corrected chi connectivity index (χ3v) is 3.25. The van der Waals surface area contributed by atoms with Gasteiger partial charge < -0.3 is 14.6 Å². The fourth-order valence-electron chi connectivity index (χ4n) is 2.18. The summed E-state index contributed by atoms with van der Waals surface area (Å²) in [6.07, 6.45) is 0. The van der Waals surface area contributed by atoms with Crippen LogP contribution in [0.25, 0.3) is 10.9 Å². The van der Waals surface area contributed by atoms with Gasteiger partial charge in [0.2, 0.25) is 0 Å². The Morgan fingerprint density at radius 2 is 2.00 bits per heavy atom. The summed E-state index contributed by atoms with van der Waals surface area (Å²) in [7, 11) is 0. The number of carbonyl (C=O) groups excluding carboxylic acids is 2. The average molecular weight is 288 g/mol. The minimum Gasteiger partial charge on any atom is -0.465 e. The number of nitrogens with zero attached hydrogens (tertiary/aromatic N) is 1. The molecule has 1 aromatic carbocycles. The topological polar surface area (TPSA) is 62.4 Å². The van der Waals surface area contributed by atoms with Crippen LogP contribution in [0.3, 0.4) is 0 Å². The van der Waals surface area contributed by atoms with Gasteiger partial charge in [0.1, 0.15) is 12.2 Å². The molecule has 0 unspecified atom stereocenters. The number of para-hydroxylation sites is 1. The predicted molar refractivity (Wildman–Crippen MR) is 81.1 cm³/mol. The number of nitrogens with one attached hydrogen (secondary N) is 1. The molecule has 0 atom stereocenters. The third kappa shape index (κ3) is 3.42. The van der Waals surface area contributed by atoms with Gasteiger partial charge in [-0.3, -0.25) is 9.59 Å². The maximum Gasteiger partial charge on any atom is 0.325 e. The molecule has 0 aliphatic rings. The van der Waals surface area contributed by atoms with Crippen LogP contribution in [-0.4, -0.2) is 41.0 Å². The number of benzene rings is 1. The lowest BCUT2D eigenvalue weighted by Crippen LogP contribution is -2.41. The Balaban J connectivity index is 2.23. The molecule has 0 aliphatic heterocycles. The van der Waals surface area contributed by atoms with Gasteiger partial charge >= 0.3 is 5.97 Å². The fourth-order valence-corrected chi connectivity index (χ4v) is 2.18. The van der Waals surface area contributed by atoms with E-state index in [-0.39, 0.29) is 18.5 Å². The molecule has 0 saturated heterocycles. The Morgan fingerprint density at radius 1 is 1.29 bits per heavy atom. The van der Waals surface area contributed by atoms with Crippen molar-refractivity contribution in [3.05, 3.63) is 36.0 Å². The average Bonchev–Trinajstić information content (AvgIpc) is 2.88. The molecular weight excluding hydrogens is 268 g/mol. The van der Waals surface area contributed by atoms with Crippen LogP contribution in [0.1, 0.15) is 31.3 Å². The van der Waals surface area contributed by atoms with Gasteiger partial charge in [-0.05, 0) is 32.9 Å². The van der Waals surface area contributed by atoms with E-state index in [0.29, 0.717) is 12.3 Å². The van der Waals surface area contributed by atoms with Gasteiger partial charge in [-0.1, -0.05) is 18.2 Å². The molecule has 112 valence electrons. The Hall–Kier alpha value is -2.30. The largest absolute Gasteiger partial charge is 0.465 e. The van der Waals surface area contributed by atoms with E-state index >= 15 is 0 Å². The number of aromatic nitrogens is 1. The highest BCUT2D eigenvalue weighted by Crippen LogP contribution is 2.17. The summed E-state index contributed by atoms with van der Waals surface area (Å²) in [5.74, 6) is -0.593. The molecule has 2 aromatic rings. The fraction of sp³-hybridized carbons (Fsp3) is 0.375. The van der Waals surface area contributed by atoms with Crippen LogP contribution in [0, 0.1) is 0 Å². The SMILES string of the molecule is CCOC(=O)CN(C(=O)c1cc2ccccc2[nH]1)C(C)C. The second kappa shape index (κ2) is 6.43. The summed E-state index contributed by atoms with van der Waals surface area (Å²) < 4.78 is 4.92. The van der Waals surface area contributed by atoms with E-state index in [4.69, 9.17) is 4.74 Å². The molecule has 0 fully saturated rings. The number of amides is 1. The first-order chi connectivity index (χ1) is 10.0. The molecule has 1 aromatic heterocycles. The highest BCUT2D eigenvalue weighted by Gasteiger charge is 2.23. The summed E-state index contributed by atoms with van der Waals surface area (Å²) in [5, 5.41) is 0.973. The maximum atomic E-state index is 12.6. The van der Waals surface area contributed by atoms with Crippen LogP contribution in [0.2, 0.25) is 0 Å².